The SMILES string of the molecule is Cc1ccc(-c2n[nH]c(=S)n2CC(=O)NC2CCC(O)CC2)cc1. The molecule has 2 aromatic rings. The third-order valence-corrected chi connectivity index (χ3v) is 4.74. The van der Waals surface area contributed by atoms with Gasteiger partial charge in [0.05, 0.1) is 6.10 Å². The third kappa shape index (κ3) is 3.91. The van der Waals surface area contributed by atoms with Gasteiger partial charge in [0.1, 0.15) is 6.54 Å². The highest BCUT2D eigenvalue weighted by Gasteiger charge is 2.21. The second-order valence-corrected chi connectivity index (χ2v) is 6.76. The molecule has 1 aliphatic carbocycles. The second kappa shape index (κ2) is 7.27. The van der Waals surface area contributed by atoms with E-state index in [0.29, 0.717) is 10.6 Å². The minimum absolute atomic E-state index is 0.0812. The van der Waals surface area contributed by atoms with Crippen LogP contribution in [0.5, 0.6) is 0 Å². The minimum atomic E-state index is -0.228. The molecule has 0 saturated heterocycles. The molecule has 1 amide bonds. The molecule has 1 fully saturated rings. The van der Waals surface area contributed by atoms with E-state index in [1.54, 1.807) is 4.57 Å². The summed E-state index contributed by atoms with van der Waals surface area (Å²) in [4.78, 5) is 12.4. The van der Waals surface area contributed by atoms with Crippen molar-refractivity contribution in [1.29, 1.82) is 0 Å². The molecule has 6 nitrogen and oxygen atoms in total. The number of H-pyrrole nitrogens is 1. The Kier molecular flexibility index (Phi) is 5.11. The molecular formula is C17H22N4O2S. The number of nitrogens with zero attached hydrogens (tertiary/aromatic N) is 2. The first kappa shape index (κ1) is 16.9. The lowest BCUT2D eigenvalue weighted by molar-refractivity contribution is -0.122. The van der Waals surface area contributed by atoms with Crippen LogP contribution in [-0.2, 0) is 11.3 Å². The Hall–Kier alpha value is -1.99. The molecule has 0 spiro atoms. The van der Waals surface area contributed by atoms with Crippen LogP contribution in [0, 0.1) is 11.7 Å². The molecule has 1 aromatic carbocycles. The van der Waals surface area contributed by atoms with E-state index in [9.17, 15) is 9.90 Å². The number of aromatic nitrogens is 3. The van der Waals surface area contributed by atoms with Crippen LogP contribution < -0.4 is 5.32 Å². The van der Waals surface area contributed by atoms with Gasteiger partial charge in [0, 0.05) is 11.6 Å². The largest absolute Gasteiger partial charge is 0.393 e. The molecule has 0 radical (unpaired) electrons. The van der Waals surface area contributed by atoms with Crippen LogP contribution in [0.1, 0.15) is 31.2 Å². The van der Waals surface area contributed by atoms with Gasteiger partial charge in [0.25, 0.3) is 0 Å². The van der Waals surface area contributed by atoms with Crippen LogP contribution in [0.3, 0.4) is 0 Å². The summed E-state index contributed by atoms with van der Waals surface area (Å²) in [6.45, 7) is 2.16. The van der Waals surface area contributed by atoms with Crippen molar-refractivity contribution in [1.82, 2.24) is 20.1 Å². The number of amides is 1. The van der Waals surface area contributed by atoms with Crippen molar-refractivity contribution in [2.24, 2.45) is 0 Å². The molecule has 1 heterocycles. The maximum Gasteiger partial charge on any atom is 0.240 e. The van der Waals surface area contributed by atoms with Crippen molar-refractivity contribution >= 4 is 18.1 Å². The van der Waals surface area contributed by atoms with Crippen molar-refractivity contribution in [3.05, 3.63) is 34.6 Å². The molecule has 128 valence electrons. The standard InChI is InChI=1S/C17H22N4O2S/c1-11-2-4-12(5-3-11)16-19-20-17(24)21(16)10-15(23)18-13-6-8-14(22)9-7-13/h2-5,13-14,22H,6-10H2,1H3,(H,18,23)(H,20,24). The number of benzene rings is 1. The van der Waals surface area contributed by atoms with Crippen LogP contribution in [-0.4, -0.2) is 37.9 Å². The highest BCUT2D eigenvalue weighted by molar-refractivity contribution is 7.71. The summed E-state index contributed by atoms with van der Waals surface area (Å²) < 4.78 is 2.15. The number of aliphatic hydroxyl groups excluding tert-OH is 1. The summed E-state index contributed by atoms with van der Waals surface area (Å²) in [6.07, 6.45) is 2.88. The first-order valence-electron chi connectivity index (χ1n) is 8.22. The maximum absolute atomic E-state index is 12.4. The lowest BCUT2D eigenvalue weighted by Gasteiger charge is -2.26. The number of aromatic amines is 1. The van der Waals surface area contributed by atoms with E-state index in [1.807, 2.05) is 31.2 Å². The smallest absolute Gasteiger partial charge is 0.240 e. The van der Waals surface area contributed by atoms with E-state index in [0.717, 1.165) is 36.8 Å². The second-order valence-electron chi connectivity index (χ2n) is 6.38. The maximum atomic E-state index is 12.4. The Morgan fingerprint density at radius 1 is 1.33 bits per heavy atom. The van der Waals surface area contributed by atoms with Gasteiger partial charge >= 0.3 is 0 Å². The number of hydrogen-bond acceptors (Lipinski definition) is 4. The highest BCUT2D eigenvalue weighted by Crippen LogP contribution is 2.19. The topological polar surface area (TPSA) is 82.9 Å². The van der Waals surface area contributed by atoms with Gasteiger partial charge < -0.3 is 10.4 Å². The van der Waals surface area contributed by atoms with E-state index < -0.39 is 0 Å². The first-order chi connectivity index (χ1) is 11.5. The zero-order valence-electron chi connectivity index (χ0n) is 13.7. The lowest BCUT2D eigenvalue weighted by Crippen LogP contribution is -2.40. The summed E-state index contributed by atoms with van der Waals surface area (Å²) in [5.41, 5.74) is 2.08. The fourth-order valence-electron chi connectivity index (χ4n) is 3.02. The number of carbonyl (C=O) groups excluding carboxylic acids is 1. The molecule has 0 unspecified atom stereocenters. The fraction of sp³-hybridized carbons (Fsp3) is 0.471. The Bertz CT molecular complexity index is 758. The number of hydrogen-bond donors (Lipinski definition) is 3. The zero-order valence-corrected chi connectivity index (χ0v) is 14.5. The molecule has 3 N–H and O–H groups in total. The third-order valence-electron chi connectivity index (χ3n) is 4.43. The van der Waals surface area contributed by atoms with Crippen molar-refractivity contribution < 1.29 is 9.90 Å². The summed E-state index contributed by atoms with van der Waals surface area (Å²) in [7, 11) is 0. The molecule has 0 bridgehead atoms. The number of carbonyl (C=O) groups is 1. The monoisotopic (exact) mass is 346 g/mol. The van der Waals surface area contributed by atoms with Gasteiger partial charge in [-0.05, 0) is 44.8 Å². The van der Waals surface area contributed by atoms with Crippen molar-refractivity contribution in [2.45, 2.75) is 51.3 Å². The molecule has 3 rings (SSSR count). The van der Waals surface area contributed by atoms with Crippen LogP contribution in [0.25, 0.3) is 11.4 Å². The van der Waals surface area contributed by atoms with Gasteiger partial charge in [-0.25, -0.2) is 0 Å². The van der Waals surface area contributed by atoms with Crippen molar-refractivity contribution in [3.8, 4) is 11.4 Å². The molecular weight excluding hydrogens is 324 g/mol. The Morgan fingerprint density at radius 3 is 2.67 bits per heavy atom. The zero-order chi connectivity index (χ0) is 17.1. The van der Waals surface area contributed by atoms with Crippen LogP contribution in [0.2, 0.25) is 0 Å². The van der Waals surface area contributed by atoms with Gasteiger partial charge in [-0.1, -0.05) is 29.8 Å². The van der Waals surface area contributed by atoms with E-state index >= 15 is 0 Å². The van der Waals surface area contributed by atoms with Gasteiger partial charge in [-0.3, -0.25) is 14.5 Å². The predicted molar refractivity (Wildman–Crippen MR) is 94.0 cm³/mol. The Labute approximate surface area is 145 Å². The first-order valence-corrected chi connectivity index (χ1v) is 8.63. The summed E-state index contributed by atoms with van der Waals surface area (Å²) in [6, 6.07) is 8.08. The molecule has 0 atom stereocenters. The van der Waals surface area contributed by atoms with E-state index in [2.05, 4.69) is 15.5 Å². The predicted octanol–water partition coefficient (Wildman–Crippen LogP) is 2.34. The van der Waals surface area contributed by atoms with Crippen LogP contribution >= 0.6 is 12.2 Å². The molecule has 1 aromatic heterocycles. The van der Waals surface area contributed by atoms with E-state index in [1.165, 1.54) is 0 Å². The van der Waals surface area contributed by atoms with Gasteiger partial charge in [-0.2, -0.15) is 5.10 Å². The number of aliphatic hydroxyl groups is 1. The number of nitrogens with one attached hydrogen (secondary N) is 2. The molecule has 1 saturated carbocycles. The van der Waals surface area contributed by atoms with Gasteiger partial charge in [-0.15, -0.1) is 0 Å². The normalized spacial score (nSPS) is 20.8. The molecule has 7 heteroatoms. The Morgan fingerprint density at radius 2 is 2.00 bits per heavy atom. The van der Waals surface area contributed by atoms with Crippen molar-refractivity contribution in [3.63, 3.8) is 0 Å². The van der Waals surface area contributed by atoms with Crippen LogP contribution in [0.15, 0.2) is 24.3 Å². The molecule has 0 aliphatic heterocycles. The highest BCUT2D eigenvalue weighted by atomic mass is 32.1. The van der Waals surface area contributed by atoms with Crippen molar-refractivity contribution in [2.75, 3.05) is 0 Å². The van der Waals surface area contributed by atoms with Crippen LogP contribution in [0.4, 0.5) is 0 Å². The lowest BCUT2D eigenvalue weighted by atomic mass is 9.93. The quantitative estimate of drug-likeness (QED) is 0.742. The molecule has 1 aliphatic rings. The molecule has 24 heavy (non-hydrogen) atoms. The average molecular weight is 346 g/mol. The Balaban J connectivity index is 1.71. The fourth-order valence-corrected chi connectivity index (χ4v) is 3.22. The van der Waals surface area contributed by atoms with Gasteiger partial charge in [0.2, 0.25) is 5.91 Å². The van der Waals surface area contributed by atoms with E-state index in [-0.39, 0.29) is 24.6 Å². The summed E-state index contributed by atoms with van der Waals surface area (Å²) in [5, 5.41) is 19.6. The number of rotatable bonds is 4. The summed E-state index contributed by atoms with van der Waals surface area (Å²) >= 11 is 5.27. The van der Waals surface area contributed by atoms with E-state index in [4.69, 9.17) is 12.2 Å². The van der Waals surface area contributed by atoms with Gasteiger partial charge in [0.15, 0.2) is 10.6 Å². The number of aryl methyl sites for hydroxylation is 1. The minimum Gasteiger partial charge on any atom is -0.393 e. The average Bonchev–Trinajstić information content (AvgIpc) is 2.91. The summed E-state index contributed by atoms with van der Waals surface area (Å²) in [5.74, 6) is 0.580.